The Kier molecular flexibility index (Phi) is 4.48. The second kappa shape index (κ2) is 7.44. The van der Waals surface area contributed by atoms with Crippen molar-refractivity contribution in [2.75, 3.05) is 4.90 Å². The SMILES string of the molecule is [C-]#[N+]c1ccc(-c2ccc(N3c4ccccc4Sc4ccccc43)cc2)c(C#N)c1. The molecule has 0 amide bonds. The van der Waals surface area contributed by atoms with Gasteiger partial charge in [0.2, 0.25) is 0 Å². The highest BCUT2D eigenvalue weighted by molar-refractivity contribution is 7.99. The molecule has 30 heavy (non-hydrogen) atoms. The van der Waals surface area contributed by atoms with Crippen LogP contribution >= 0.6 is 11.8 Å². The molecule has 0 fully saturated rings. The van der Waals surface area contributed by atoms with Gasteiger partial charge in [-0.25, -0.2) is 4.85 Å². The van der Waals surface area contributed by atoms with E-state index >= 15 is 0 Å². The molecule has 3 nitrogen and oxygen atoms in total. The third-order valence-corrected chi connectivity index (χ3v) is 6.25. The van der Waals surface area contributed by atoms with Crippen LogP contribution < -0.4 is 4.90 Å². The number of nitrogens with zero attached hydrogens (tertiary/aromatic N) is 3. The second-order valence-corrected chi connectivity index (χ2v) is 7.96. The van der Waals surface area contributed by atoms with Crippen LogP contribution in [0.15, 0.2) is 101 Å². The fourth-order valence-corrected chi connectivity index (χ4v) is 4.78. The van der Waals surface area contributed by atoms with E-state index in [1.165, 1.54) is 9.79 Å². The van der Waals surface area contributed by atoms with Crippen LogP contribution in [-0.4, -0.2) is 0 Å². The average molecular weight is 401 g/mol. The largest absolute Gasteiger partial charge is 0.308 e. The third kappa shape index (κ3) is 3.01. The first-order chi connectivity index (χ1) is 14.8. The van der Waals surface area contributed by atoms with Gasteiger partial charge < -0.3 is 4.90 Å². The van der Waals surface area contributed by atoms with Crippen molar-refractivity contribution >= 4 is 34.5 Å². The zero-order chi connectivity index (χ0) is 20.5. The Balaban J connectivity index is 1.60. The van der Waals surface area contributed by atoms with Crippen LogP contribution in [0, 0.1) is 17.9 Å². The van der Waals surface area contributed by atoms with E-state index in [1.54, 1.807) is 23.9 Å². The number of hydrogen-bond acceptors (Lipinski definition) is 3. The zero-order valence-electron chi connectivity index (χ0n) is 15.9. The lowest BCUT2D eigenvalue weighted by atomic mass is 9.99. The van der Waals surface area contributed by atoms with Gasteiger partial charge >= 0.3 is 0 Å². The van der Waals surface area contributed by atoms with Crippen molar-refractivity contribution in [1.82, 2.24) is 0 Å². The number of fused-ring (bicyclic) bond motifs is 2. The van der Waals surface area contributed by atoms with Crippen LogP contribution in [0.4, 0.5) is 22.7 Å². The molecule has 0 atom stereocenters. The average Bonchev–Trinajstić information content (AvgIpc) is 2.82. The van der Waals surface area contributed by atoms with Crippen molar-refractivity contribution in [2.24, 2.45) is 0 Å². The quantitative estimate of drug-likeness (QED) is 0.284. The summed E-state index contributed by atoms with van der Waals surface area (Å²) in [6.45, 7) is 7.16. The Hall–Kier alpha value is -3.99. The Morgan fingerprint density at radius 1 is 0.800 bits per heavy atom. The minimum Gasteiger partial charge on any atom is -0.308 e. The van der Waals surface area contributed by atoms with Crippen molar-refractivity contribution in [3.63, 3.8) is 0 Å². The van der Waals surface area contributed by atoms with Crippen LogP contribution in [0.1, 0.15) is 5.56 Å². The van der Waals surface area contributed by atoms with Gasteiger partial charge in [-0.15, -0.1) is 0 Å². The molecule has 0 aromatic heterocycles. The predicted molar refractivity (Wildman–Crippen MR) is 122 cm³/mol. The first-order valence-electron chi connectivity index (χ1n) is 9.46. The van der Waals surface area contributed by atoms with Crippen LogP contribution in [0.2, 0.25) is 0 Å². The van der Waals surface area contributed by atoms with Gasteiger partial charge in [-0.3, -0.25) is 0 Å². The molecule has 140 valence electrons. The Labute approximate surface area is 179 Å². The van der Waals surface area contributed by atoms with Crippen LogP contribution in [0.5, 0.6) is 0 Å². The van der Waals surface area contributed by atoms with Crippen molar-refractivity contribution in [1.29, 1.82) is 5.26 Å². The van der Waals surface area contributed by atoms with Crippen molar-refractivity contribution in [2.45, 2.75) is 9.79 Å². The minimum absolute atomic E-state index is 0.478. The van der Waals surface area contributed by atoms with Crippen LogP contribution in [0.3, 0.4) is 0 Å². The molecular formula is C26H15N3S. The fourth-order valence-electron chi connectivity index (χ4n) is 3.72. The lowest BCUT2D eigenvalue weighted by Gasteiger charge is -2.32. The van der Waals surface area contributed by atoms with Crippen molar-refractivity contribution < 1.29 is 0 Å². The summed E-state index contributed by atoms with van der Waals surface area (Å²) in [6, 6.07) is 32.6. The Bertz CT molecular complexity index is 1300. The lowest BCUT2D eigenvalue weighted by Crippen LogP contribution is -2.14. The van der Waals surface area contributed by atoms with E-state index < -0.39 is 0 Å². The molecule has 4 aromatic carbocycles. The maximum absolute atomic E-state index is 9.51. The highest BCUT2D eigenvalue weighted by Gasteiger charge is 2.24. The number of nitriles is 1. The highest BCUT2D eigenvalue weighted by atomic mass is 32.2. The summed E-state index contributed by atoms with van der Waals surface area (Å²) in [4.78, 5) is 8.15. The maximum atomic E-state index is 9.51. The topological polar surface area (TPSA) is 31.4 Å². The molecule has 0 aliphatic carbocycles. The Morgan fingerprint density at radius 2 is 1.43 bits per heavy atom. The molecule has 0 saturated heterocycles. The molecule has 0 N–H and O–H groups in total. The molecule has 4 heteroatoms. The molecule has 5 rings (SSSR count). The summed E-state index contributed by atoms with van der Waals surface area (Å²) in [5, 5.41) is 9.51. The minimum atomic E-state index is 0.478. The van der Waals surface area contributed by atoms with Gasteiger partial charge in [-0.1, -0.05) is 60.3 Å². The molecule has 1 aliphatic heterocycles. The molecule has 0 saturated carbocycles. The predicted octanol–water partition coefficient (Wildman–Crippen LogP) is 7.71. The maximum Gasteiger partial charge on any atom is 0.188 e. The summed E-state index contributed by atoms with van der Waals surface area (Å²) in [6.07, 6.45) is 0. The van der Waals surface area contributed by atoms with Crippen LogP contribution in [-0.2, 0) is 0 Å². The smallest absolute Gasteiger partial charge is 0.188 e. The van der Waals surface area contributed by atoms with E-state index in [9.17, 15) is 5.26 Å². The molecule has 1 heterocycles. The first kappa shape index (κ1) is 18.1. The Morgan fingerprint density at radius 3 is 2.03 bits per heavy atom. The second-order valence-electron chi connectivity index (χ2n) is 6.87. The van der Waals surface area contributed by atoms with Gasteiger partial charge in [0, 0.05) is 21.0 Å². The molecule has 0 unspecified atom stereocenters. The number of anilines is 3. The van der Waals surface area contributed by atoms with E-state index in [0.717, 1.165) is 28.2 Å². The number of para-hydroxylation sites is 2. The molecule has 1 aliphatic rings. The highest BCUT2D eigenvalue weighted by Crippen LogP contribution is 2.51. The van der Waals surface area contributed by atoms with Crippen molar-refractivity contribution in [3.8, 4) is 17.2 Å². The van der Waals surface area contributed by atoms with Gasteiger partial charge in [0.15, 0.2) is 5.69 Å². The van der Waals surface area contributed by atoms with E-state index in [4.69, 9.17) is 6.57 Å². The summed E-state index contributed by atoms with van der Waals surface area (Å²) >= 11 is 1.79. The van der Waals surface area contributed by atoms with Gasteiger partial charge in [0.25, 0.3) is 0 Å². The molecule has 0 bridgehead atoms. The number of hydrogen-bond donors (Lipinski definition) is 0. The van der Waals surface area contributed by atoms with Gasteiger partial charge in [0.05, 0.1) is 24.0 Å². The summed E-state index contributed by atoms with van der Waals surface area (Å²) in [7, 11) is 0. The van der Waals surface area contributed by atoms with Crippen LogP contribution in [0.25, 0.3) is 16.0 Å². The summed E-state index contributed by atoms with van der Waals surface area (Å²) < 4.78 is 0. The summed E-state index contributed by atoms with van der Waals surface area (Å²) in [5.41, 5.74) is 6.18. The number of benzene rings is 4. The van der Waals surface area contributed by atoms with Gasteiger partial charge in [-0.05, 0) is 53.6 Å². The van der Waals surface area contributed by atoms with Crippen molar-refractivity contribution in [3.05, 3.63) is 108 Å². The van der Waals surface area contributed by atoms with Gasteiger partial charge in [0.1, 0.15) is 0 Å². The van der Waals surface area contributed by atoms with E-state index in [-0.39, 0.29) is 0 Å². The molecular weight excluding hydrogens is 386 g/mol. The third-order valence-electron chi connectivity index (χ3n) is 5.12. The fraction of sp³-hybridized carbons (Fsp3) is 0. The lowest BCUT2D eigenvalue weighted by molar-refractivity contribution is 1.17. The van der Waals surface area contributed by atoms with E-state index in [0.29, 0.717) is 11.3 Å². The molecule has 4 aromatic rings. The zero-order valence-corrected chi connectivity index (χ0v) is 16.7. The standard InChI is InChI=1S/C26H15N3S/c1-28-20-12-15-22(19(16-20)17-27)18-10-13-21(14-11-18)29-23-6-2-4-8-25(23)30-26-9-5-3-7-24(26)29/h2-16H. The number of rotatable bonds is 2. The monoisotopic (exact) mass is 401 g/mol. The molecule has 0 spiro atoms. The molecule has 0 radical (unpaired) electrons. The van der Waals surface area contributed by atoms with Gasteiger partial charge in [-0.2, -0.15) is 5.26 Å². The normalized spacial score (nSPS) is 11.7. The first-order valence-corrected chi connectivity index (χ1v) is 10.3. The summed E-state index contributed by atoms with van der Waals surface area (Å²) in [5.74, 6) is 0. The van der Waals surface area contributed by atoms with E-state index in [2.05, 4.69) is 76.5 Å². The van der Waals surface area contributed by atoms with E-state index in [1.807, 2.05) is 18.2 Å².